The first-order valence-electron chi connectivity index (χ1n) is 8.30. The van der Waals surface area contributed by atoms with Crippen molar-refractivity contribution in [3.8, 4) is 5.75 Å². The number of primary amides is 1. The summed E-state index contributed by atoms with van der Waals surface area (Å²) in [5.41, 5.74) is 6.51. The van der Waals surface area contributed by atoms with Gasteiger partial charge in [-0.1, -0.05) is 29.8 Å². The van der Waals surface area contributed by atoms with Crippen molar-refractivity contribution in [3.05, 3.63) is 64.6 Å². The van der Waals surface area contributed by atoms with Crippen molar-refractivity contribution in [2.24, 2.45) is 5.73 Å². The lowest BCUT2D eigenvalue weighted by Crippen LogP contribution is -2.36. The Hall–Kier alpha value is -3.11. The summed E-state index contributed by atoms with van der Waals surface area (Å²) in [4.78, 5) is 35.9. The van der Waals surface area contributed by atoms with Crippen LogP contribution >= 0.6 is 11.8 Å². The van der Waals surface area contributed by atoms with E-state index in [1.807, 2.05) is 6.92 Å². The van der Waals surface area contributed by atoms with Crippen molar-refractivity contribution in [1.29, 1.82) is 0 Å². The lowest BCUT2D eigenvalue weighted by atomic mass is 10.2. The van der Waals surface area contributed by atoms with Gasteiger partial charge in [0, 0.05) is 0 Å². The van der Waals surface area contributed by atoms with Gasteiger partial charge >= 0.3 is 10.1 Å². The number of hydrogen-bond donors (Lipinski definition) is 1. The molecule has 2 aromatic carbocycles. The maximum absolute atomic E-state index is 12.3. The molecule has 3 amide bonds. The molecule has 1 saturated heterocycles. The molecule has 1 fully saturated rings. The minimum absolute atomic E-state index is 0.0373. The van der Waals surface area contributed by atoms with E-state index in [1.165, 1.54) is 30.3 Å². The number of rotatable bonds is 6. The maximum atomic E-state index is 12.3. The van der Waals surface area contributed by atoms with Gasteiger partial charge in [-0.3, -0.25) is 19.3 Å². The standard InChI is InChI=1S/C19H16N2O6S2/c1-12-2-8-15(9-3-12)29(25,26)27-14-6-4-13(5-7-14)10-16-18(23)21(11-17(20)22)19(24)28-16/h2-10H,11H2,1H3,(H2,20,22)/b16-10-. The molecule has 3 rings (SSSR count). The van der Waals surface area contributed by atoms with Gasteiger partial charge in [-0.15, -0.1) is 0 Å². The van der Waals surface area contributed by atoms with Crippen molar-refractivity contribution in [2.45, 2.75) is 11.8 Å². The average Bonchev–Trinajstić information content (AvgIpc) is 2.90. The summed E-state index contributed by atoms with van der Waals surface area (Å²) < 4.78 is 29.8. The van der Waals surface area contributed by atoms with Crippen molar-refractivity contribution in [3.63, 3.8) is 0 Å². The second kappa shape index (κ2) is 8.10. The third kappa shape index (κ3) is 4.84. The molecule has 0 unspecified atom stereocenters. The summed E-state index contributed by atoms with van der Waals surface area (Å²) in [5.74, 6) is -1.30. The van der Waals surface area contributed by atoms with E-state index in [1.54, 1.807) is 24.3 Å². The Labute approximate surface area is 171 Å². The highest BCUT2D eigenvalue weighted by molar-refractivity contribution is 8.18. The monoisotopic (exact) mass is 432 g/mol. The highest BCUT2D eigenvalue weighted by Gasteiger charge is 2.35. The first-order valence-corrected chi connectivity index (χ1v) is 10.5. The number of thioether (sulfide) groups is 1. The molecule has 10 heteroatoms. The fraction of sp³-hybridized carbons (Fsp3) is 0.105. The number of carbonyl (C=O) groups is 3. The molecule has 8 nitrogen and oxygen atoms in total. The summed E-state index contributed by atoms with van der Waals surface area (Å²) in [6.45, 7) is 1.37. The first kappa shape index (κ1) is 20.6. The van der Waals surface area contributed by atoms with Crippen LogP contribution in [0, 0.1) is 6.92 Å². The van der Waals surface area contributed by atoms with Gasteiger partial charge in [0.05, 0.1) is 4.91 Å². The van der Waals surface area contributed by atoms with Crippen molar-refractivity contribution >= 4 is 45.0 Å². The maximum Gasteiger partial charge on any atom is 0.339 e. The first-order chi connectivity index (χ1) is 13.7. The van der Waals surface area contributed by atoms with Crippen molar-refractivity contribution in [2.75, 3.05) is 6.54 Å². The summed E-state index contributed by atoms with van der Waals surface area (Å²) in [7, 11) is -3.97. The second-order valence-corrected chi connectivity index (χ2v) is 8.69. The predicted molar refractivity (Wildman–Crippen MR) is 107 cm³/mol. The van der Waals surface area contributed by atoms with Crippen LogP contribution in [-0.2, 0) is 19.7 Å². The summed E-state index contributed by atoms with van der Waals surface area (Å²) in [6.07, 6.45) is 1.46. The molecular weight excluding hydrogens is 416 g/mol. The Morgan fingerprint density at radius 3 is 2.31 bits per heavy atom. The number of nitrogens with zero attached hydrogens (tertiary/aromatic N) is 1. The fourth-order valence-corrected chi connectivity index (χ4v) is 4.21. The third-order valence-corrected chi connectivity index (χ3v) is 6.05. The molecule has 0 aromatic heterocycles. The number of hydrogen-bond acceptors (Lipinski definition) is 7. The van der Waals surface area contributed by atoms with Gasteiger partial charge in [0.15, 0.2) is 0 Å². The van der Waals surface area contributed by atoms with Crippen LogP contribution in [0.5, 0.6) is 5.75 Å². The number of imide groups is 1. The van der Waals surface area contributed by atoms with E-state index < -0.39 is 33.7 Å². The molecule has 1 heterocycles. The van der Waals surface area contributed by atoms with Crippen LogP contribution in [0.4, 0.5) is 4.79 Å². The van der Waals surface area contributed by atoms with E-state index in [0.29, 0.717) is 17.3 Å². The quantitative estimate of drug-likeness (QED) is 0.548. The van der Waals surface area contributed by atoms with Crippen molar-refractivity contribution in [1.82, 2.24) is 4.90 Å². The molecule has 0 atom stereocenters. The summed E-state index contributed by atoms with van der Waals surface area (Å²) in [6, 6.07) is 12.2. The predicted octanol–water partition coefficient (Wildman–Crippen LogP) is 2.28. The lowest BCUT2D eigenvalue weighted by Gasteiger charge is -2.08. The molecule has 1 aliphatic heterocycles. The van der Waals surface area contributed by atoms with E-state index in [-0.39, 0.29) is 15.6 Å². The van der Waals surface area contributed by atoms with Crippen LogP contribution in [0.1, 0.15) is 11.1 Å². The van der Waals surface area contributed by atoms with Crippen LogP contribution in [0.2, 0.25) is 0 Å². The highest BCUT2D eigenvalue weighted by atomic mass is 32.2. The molecule has 0 aliphatic carbocycles. The smallest absolute Gasteiger partial charge is 0.339 e. The molecule has 0 radical (unpaired) electrons. The Balaban J connectivity index is 1.74. The molecule has 2 aromatic rings. The Morgan fingerprint density at radius 2 is 1.72 bits per heavy atom. The van der Waals surface area contributed by atoms with Crippen LogP contribution in [0.15, 0.2) is 58.3 Å². The highest BCUT2D eigenvalue weighted by Crippen LogP contribution is 2.32. The van der Waals surface area contributed by atoms with Gasteiger partial charge in [0.25, 0.3) is 11.1 Å². The number of carbonyl (C=O) groups excluding carboxylic acids is 3. The zero-order valence-electron chi connectivity index (χ0n) is 15.2. The summed E-state index contributed by atoms with van der Waals surface area (Å²) >= 11 is 0.695. The minimum Gasteiger partial charge on any atom is -0.379 e. The number of nitrogens with two attached hydrogens (primary N) is 1. The fourth-order valence-electron chi connectivity index (χ4n) is 2.44. The Bertz CT molecular complexity index is 1110. The zero-order valence-corrected chi connectivity index (χ0v) is 16.8. The third-order valence-electron chi connectivity index (χ3n) is 3.88. The molecule has 0 saturated carbocycles. The zero-order chi connectivity index (χ0) is 21.2. The van der Waals surface area contributed by atoms with Crippen LogP contribution in [0.3, 0.4) is 0 Å². The lowest BCUT2D eigenvalue weighted by molar-refractivity contribution is -0.127. The van der Waals surface area contributed by atoms with Crippen LogP contribution in [0.25, 0.3) is 6.08 Å². The normalized spacial score (nSPS) is 15.8. The molecule has 29 heavy (non-hydrogen) atoms. The molecule has 150 valence electrons. The van der Waals surface area contributed by atoms with E-state index in [4.69, 9.17) is 9.92 Å². The van der Waals surface area contributed by atoms with E-state index in [9.17, 15) is 22.8 Å². The van der Waals surface area contributed by atoms with E-state index >= 15 is 0 Å². The molecule has 1 aliphatic rings. The number of benzene rings is 2. The minimum atomic E-state index is -3.97. The molecule has 0 spiro atoms. The van der Waals surface area contributed by atoms with E-state index in [0.717, 1.165) is 10.5 Å². The van der Waals surface area contributed by atoms with Gasteiger partial charge in [0.1, 0.15) is 17.2 Å². The van der Waals surface area contributed by atoms with Crippen LogP contribution < -0.4 is 9.92 Å². The Morgan fingerprint density at radius 1 is 1.10 bits per heavy atom. The largest absolute Gasteiger partial charge is 0.379 e. The van der Waals surface area contributed by atoms with Gasteiger partial charge in [-0.05, 0) is 54.6 Å². The van der Waals surface area contributed by atoms with Crippen molar-refractivity contribution < 1.29 is 27.0 Å². The van der Waals surface area contributed by atoms with Gasteiger partial charge in [0.2, 0.25) is 5.91 Å². The van der Waals surface area contributed by atoms with Gasteiger partial charge in [-0.2, -0.15) is 8.42 Å². The topological polar surface area (TPSA) is 124 Å². The second-order valence-electron chi connectivity index (χ2n) is 6.15. The Kier molecular flexibility index (Phi) is 5.76. The average molecular weight is 432 g/mol. The van der Waals surface area contributed by atoms with Crippen LogP contribution in [-0.4, -0.2) is 36.9 Å². The molecular formula is C19H16N2O6S2. The van der Waals surface area contributed by atoms with E-state index in [2.05, 4.69) is 0 Å². The van der Waals surface area contributed by atoms with Gasteiger partial charge < -0.3 is 9.92 Å². The molecule has 0 bridgehead atoms. The number of aryl methyl sites for hydroxylation is 1. The number of amides is 3. The summed E-state index contributed by atoms with van der Waals surface area (Å²) in [5, 5.41) is -0.579. The van der Waals surface area contributed by atoms with Gasteiger partial charge in [-0.25, -0.2) is 0 Å². The molecule has 2 N–H and O–H groups in total. The SMILES string of the molecule is Cc1ccc(S(=O)(=O)Oc2ccc(/C=C3\SC(=O)N(CC(N)=O)C3=O)cc2)cc1.